The van der Waals surface area contributed by atoms with Crippen LogP contribution >= 0.6 is 0 Å². The van der Waals surface area contributed by atoms with Gasteiger partial charge in [0.2, 0.25) is 0 Å². The molecule has 0 saturated heterocycles. The molecule has 90 valence electrons. The van der Waals surface area contributed by atoms with Gasteiger partial charge in [-0.05, 0) is 23.2 Å². The zero-order chi connectivity index (χ0) is 12.8. The molecule has 0 spiro atoms. The van der Waals surface area contributed by atoms with Gasteiger partial charge in [0.05, 0.1) is 17.1 Å². The van der Waals surface area contributed by atoms with Crippen molar-refractivity contribution in [1.29, 1.82) is 0 Å². The van der Waals surface area contributed by atoms with E-state index in [0.717, 1.165) is 0 Å². The van der Waals surface area contributed by atoms with E-state index in [2.05, 4.69) is 10.0 Å². The molecular formula is C9H9FN4O3. The molecule has 0 aliphatic rings. The fourth-order valence-electron chi connectivity index (χ4n) is 1.26. The highest BCUT2D eigenvalue weighted by Crippen LogP contribution is 2.22. The summed E-state index contributed by atoms with van der Waals surface area (Å²) in [6, 6.07) is 3.71. The van der Waals surface area contributed by atoms with Gasteiger partial charge in [-0.2, -0.15) is 0 Å². The lowest BCUT2D eigenvalue weighted by molar-refractivity contribution is -0.384. The Morgan fingerprint density at radius 1 is 1.53 bits per heavy atom. The lowest BCUT2D eigenvalue weighted by atomic mass is 10.0. The summed E-state index contributed by atoms with van der Waals surface area (Å²) in [7, 11) is 0. The van der Waals surface area contributed by atoms with E-state index in [9.17, 15) is 19.6 Å². The van der Waals surface area contributed by atoms with Crippen molar-refractivity contribution in [2.75, 3.05) is 6.67 Å². The highest BCUT2D eigenvalue weighted by molar-refractivity contribution is 5.34. The van der Waals surface area contributed by atoms with Gasteiger partial charge in [0.15, 0.2) is 0 Å². The minimum atomic E-state index is -1.32. The second-order valence-corrected chi connectivity index (χ2v) is 3.22. The first kappa shape index (κ1) is 12.9. The Labute approximate surface area is 95.3 Å². The molecular weight excluding hydrogens is 231 g/mol. The van der Waals surface area contributed by atoms with E-state index in [-0.39, 0.29) is 11.3 Å². The molecule has 1 N–H and O–H groups in total. The van der Waals surface area contributed by atoms with Crippen molar-refractivity contribution in [3.63, 3.8) is 0 Å². The number of aliphatic hydroxyl groups excluding tert-OH is 1. The molecule has 0 aromatic heterocycles. The number of nitrogens with zero attached hydrogens (tertiary/aromatic N) is 4. The van der Waals surface area contributed by atoms with Crippen LogP contribution < -0.4 is 0 Å². The molecule has 17 heavy (non-hydrogen) atoms. The Bertz CT molecular complexity index is 444. The summed E-state index contributed by atoms with van der Waals surface area (Å²) in [5.41, 5.74) is 8.29. The number of hydrogen-bond acceptors (Lipinski definition) is 4. The van der Waals surface area contributed by atoms with Crippen LogP contribution in [0.3, 0.4) is 0 Å². The lowest BCUT2D eigenvalue weighted by Crippen LogP contribution is -2.17. The van der Waals surface area contributed by atoms with Gasteiger partial charge in [-0.3, -0.25) is 14.5 Å². The average Bonchev–Trinajstić information content (AvgIpc) is 2.35. The van der Waals surface area contributed by atoms with E-state index < -0.39 is 23.7 Å². The van der Waals surface area contributed by atoms with Gasteiger partial charge in [0, 0.05) is 17.0 Å². The van der Waals surface area contributed by atoms with Crippen molar-refractivity contribution in [1.82, 2.24) is 0 Å². The highest BCUT2D eigenvalue weighted by atomic mass is 19.1. The second kappa shape index (κ2) is 5.78. The SMILES string of the molecule is [N-]=[N+]=N[C@H](CF)[C@H](O)c1ccc([N+](=O)[O-])cc1. The Morgan fingerprint density at radius 3 is 2.53 bits per heavy atom. The van der Waals surface area contributed by atoms with Crippen molar-refractivity contribution in [3.05, 3.63) is 50.4 Å². The smallest absolute Gasteiger partial charge is 0.269 e. The topological polar surface area (TPSA) is 112 Å². The van der Waals surface area contributed by atoms with E-state index in [4.69, 9.17) is 5.53 Å². The Morgan fingerprint density at radius 2 is 2.12 bits per heavy atom. The van der Waals surface area contributed by atoms with Gasteiger partial charge in [-0.1, -0.05) is 5.11 Å². The standard InChI is InChI=1S/C9H9FN4O3/c10-5-8(12-13-11)9(15)6-1-3-7(4-2-6)14(16)17/h1-4,8-9,15H,5H2/t8-,9-/m1/s1. The van der Waals surface area contributed by atoms with Crippen LogP contribution in [0.2, 0.25) is 0 Å². The van der Waals surface area contributed by atoms with Crippen LogP contribution in [0.1, 0.15) is 11.7 Å². The zero-order valence-electron chi connectivity index (χ0n) is 8.60. The van der Waals surface area contributed by atoms with Crippen LogP contribution in [-0.2, 0) is 0 Å². The third-order valence-electron chi connectivity index (χ3n) is 2.17. The van der Waals surface area contributed by atoms with Gasteiger partial charge in [-0.15, -0.1) is 0 Å². The molecule has 0 aliphatic heterocycles. The number of rotatable bonds is 5. The number of non-ortho nitro benzene ring substituents is 1. The number of hydrogen-bond donors (Lipinski definition) is 1. The maximum Gasteiger partial charge on any atom is 0.269 e. The fraction of sp³-hybridized carbons (Fsp3) is 0.333. The van der Waals surface area contributed by atoms with Crippen molar-refractivity contribution in [3.8, 4) is 0 Å². The van der Waals surface area contributed by atoms with Crippen molar-refractivity contribution in [2.24, 2.45) is 5.11 Å². The van der Waals surface area contributed by atoms with Crippen molar-refractivity contribution < 1.29 is 14.4 Å². The number of azide groups is 1. The number of alkyl halides is 1. The van der Waals surface area contributed by atoms with Crippen molar-refractivity contribution in [2.45, 2.75) is 12.1 Å². The monoisotopic (exact) mass is 240 g/mol. The number of halogens is 1. The fourth-order valence-corrected chi connectivity index (χ4v) is 1.26. The summed E-state index contributed by atoms with van der Waals surface area (Å²) in [5, 5.41) is 23.2. The molecule has 1 rings (SSSR count). The minimum absolute atomic E-state index is 0.137. The molecule has 0 unspecified atom stereocenters. The summed E-state index contributed by atoms with van der Waals surface area (Å²) >= 11 is 0. The molecule has 0 radical (unpaired) electrons. The van der Waals surface area contributed by atoms with Gasteiger partial charge < -0.3 is 5.11 Å². The van der Waals surface area contributed by atoms with Crippen LogP contribution in [0.4, 0.5) is 10.1 Å². The first-order valence-electron chi connectivity index (χ1n) is 4.62. The van der Waals surface area contributed by atoms with Crippen LogP contribution in [0.25, 0.3) is 10.4 Å². The Kier molecular flexibility index (Phi) is 4.38. The molecule has 2 atom stereocenters. The number of aliphatic hydroxyl groups is 1. The molecule has 1 aromatic rings. The van der Waals surface area contributed by atoms with Crippen LogP contribution in [-0.4, -0.2) is 22.7 Å². The Hall–Kier alpha value is -2.18. The molecule has 0 saturated carbocycles. The first-order valence-corrected chi connectivity index (χ1v) is 4.62. The highest BCUT2D eigenvalue weighted by Gasteiger charge is 2.20. The number of nitro groups is 1. The molecule has 1 aromatic carbocycles. The maximum absolute atomic E-state index is 12.5. The molecule has 0 heterocycles. The molecule has 0 fully saturated rings. The average molecular weight is 240 g/mol. The quantitative estimate of drug-likeness (QED) is 0.280. The number of nitro benzene ring substituents is 1. The van der Waals surface area contributed by atoms with Crippen LogP contribution in [0.5, 0.6) is 0 Å². The minimum Gasteiger partial charge on any atom is -0.388 e. The van der Waals surface area contributed by atoms with E-state index >= 15 is 0 Å². The lowest BCUT2D eigenvalue weighted by Gasteiger charge is -2.15. The summed E-state index contributed by atoms with van der Waals surface area (Å²) in [5.74, 6) is 0. The normalized spacial score (nSPS) is 13.5. The largest absolute Gasteiger partial charge is 0.388 e. The predicted octanol–water partition coefficient (Wildman–Crippen LogP) is 2.28. The summed E-state index contributed by atoms with van der Waals surface area (Å²) in [6.45, 7) is -1.01. The zero-order valence-corrected chi connectivity index (χ0v) is 8.60. The predicted molar refractivity (Wildman–Crippen MR) is 57.0 cm³/mol. The summed E-state index contributed by atoms with van der Waals surface area (Å²) in [4.78, 5) is 12.2. The molecule has 8 heteroatoms. The van der Waals surface area contributed by atoms with Crippen LogP contribution in [0.15, 0.2) is 29.4 Å². The van der Waals surface area contributed by atoms with Gasteiger partial charge >= 0.3 is 0 Å². The molecule has 0 aliphatic carbocycles. The maximum atomic E-state index is 12.5. The van der Waals surface area contributed by atoms with Gasteiger partial charge in [0.1, 0.15) is 6.67 Å². The van der Waals surface area contributed by atoms with E-state index in [1.54, 1.807) is 0 Å². The third-order valence-corrected chi connectivity index (χ3v) is 2.17. The van der Waals surface area contributed by atoms with E-state index in [0.29, 0.717) is 0 Å². The molecule has 0 amide bonds. The first-order chi connectivity index (χ1) is 8.10. The van der Waals surface area contributed by atoms with Crippen molar-refractivity contribution >= 4 is 5.69 Å². The summed E-state index contributed by atoms with van der Waals surface area (Å²) < 4.78 is 12.5. The van der Waals surface area contributed by atoms with Crippen LogP contribution in [0, 0.1) is 10.1 Å². The molecule has 7 nitrogen and oxygen atoms in total. The van der Waals surface area contributed by atoms with Gasteiger partial charge in [-0.25, -0.2) is 0 Å². The van der Waals surface area contributed by atoms with E-state index in [1.165, 1.54) is 24.3 Å². The third kappa shape index (κ3) is 3.13. The second-order valence-electron chi connectivity index (χ2n) is 3.22. The van der Waals surface area contributed by atoms with E-state index in [1.807, 2.05) is 0 Å². The molecule has 0 bridgehead atoms. The summed E-state index contributed by atoms with van der Waals surface area (Å²) in [6.07, 6.45) is -1.32. The Balaban J connectivity index is 2.92. The van der Waals surface area contributed by atoms with Gasteiger partial charge in [0.25, 0.3) is 5.69 Å². The number of benzene rings is 1.